The highest BCUT2D eigenvalue weighted by atomic mass is 35.5. The lowest BCUT2D eigenvalue weighted by Gasteiger charge is -2.27. The van der Waals surface area contributed by atoms with Crippen molar-refractivity contribution < 1.29 is 0 Å². The fraction of sp³-hybridized carbons (Fsp3) is 0.333. The number of rotatable bonds is 5. The van der Waals surface area contributed by atoms with Gasteiger partial charge in [0.15, 0.2) is 0 Å². The quantitative estimate of drug-likeness (QED) is 0.514. The summed E-state index contributed by atoms with van der Waals surface area (Å²) in [6.45, 7) is 3.04. The molecule has 0 unspecified atom stereocenters. The number of halogens is 2. The van der Waals surface area contributed by atoms with Gasteiger partial charge in [-0.15, -0.1) is 0 Å². The first-order chi connectivity index (χ1) is 14.0. The second kappa shape index (κ2) is 8.93. The standard InChI is InChI=1S/C24H27Cl2N3/c1-16-18(15-28-22-10-8-21(27)9-11-22)14-24(17-2-4-19(25)5-3-17)29(16)23-12-6-20(26)7-13-23/h2-7,12-14,21-22,28H,8-11,15,27H2,1H3. The first kappa shape index (κ1) is 20.5. The van der Waals surface area contributed by atoms with Gasteiger partial charge in [-0.05, 0) is 86.2 Å². The van der Waals surface area contributed by atoms with Gasteiger partial charge in [-0.2, -0.15) is 0 Å². The van der Waals surface area contributed by atoms with E-state index < -0.39 is 0 Å². The Kier molecular flexibility index (Phi) is 6.31. The fourth-order valence-electron chi connectivity index (χ4n) is 4.17. The maximum atomic E-state index is 6.12. The van der Waals surface area contributed by atoms with E-state index in [1.807, 2.05) is 24.3 Å². The minimum Gasteiger partial charge on any atom is -0.328 e. The molecular weight excluding hydrogens is 401 g/mol. The van der Waals surface area contributed by atoms with Crippen LogP contribution in [0.15, 0.2) is 54.6 Å². The molecule has 152 valence electrons. The normalized spacial score (nSPS) is 19.4. The third kappa shape index (κ3) is 4.70. The number of aromatic nitrogens is 1. The van der Waals surface area contributed by atoms with E-state index in [-0.39, 0.29) is 0 Å². The minimum absolute atomic E-state index is 0.372. The lowest BCUT2D eigenvalue weighted by Crippen LogP contribution is -2.37. The van der Waals surface area contributed by atoms with Crippen molar-refractivity contribution in [2.24, 2.45) is 5.73 Å². The molecule has 1 aliphatic rings. The van der Waals surface area contributed by atoms with Crippen LogP contribution >= 0.6 is 23.2 Å². The van der Waals surface area contributed by atoms with Gasteiger partial charge >= 0.3 is 0 Å². The zero-order valence-corrected chi connectivity index (χ0v) is 18.2. The van der Waals surface area contributed by atoms with Gasteiger partial charge in [0, 0.05) is 40.1 Å². The molecule has 0 aliphatic heterocycles. The van der Waals surface area contributed by atoms with Crippen molar-refractivity contribution in [2.75, 3.05) is 0 Å². The summed E-state index contributed by atoms with van der Waals surface area (Å²) in [4.78, 5) is 0. The van der Waals surface area contributed by atoms with Crippen LogP contribution in [0.4, 0.5) is 0 Å². The third-order valence-electron chi connectivity index (χ3n) is 5.93. The highest BCUT2D eigenvalue weighted by Gasteiger charge is 2.20. The molecule has 2 aromatic carbocycles. The zero-order chi connectivity index (χ0) is 20.4. The molecule has 3 N–H and O–H groups in total. The minimum atomic E-state index is 0.372. The van der Waals surface area contributed by atoms with E-state index in [1.165, 1.54) is 11.3 Å². The van der Waals surface area contributed by atoms with Crippen LogP contribution in [0.5, 0.6) is 0 Å². The van der Waals surface area contributed by atoms with E-state index in [0.717, 1.165) is 59.2 Å². The van der Waals surface area contributed by atoms with Crippen molar-refractivity contribution >= 4 is 23.2 Å². The van der Waals surface area contributed by atoms with E-state index in [9.17, 15) is 0 Å². The molecule has 1 fully saturated rings. The SMILES string of the molecule is Cc1c(CNC2CCC(N)CC2)cc(-c2ccc(Cl)cc2)n1-c1ccc(Cl)cc1. The average molecular weight is 428 g/mol. The fourth-order valence-corrected chi connectivity index (χ4v) is 4.42. The molecule has 3 aromatic rings. The number of hydrogen-bond donors (Lipinski definition) is 2. The summed E-state index contributed by atoms with van der Waals surface area (Å²) in [6, 6.07) is 19.2. The third-order valence-corrected chi connectivity index (χ3v) is 6.43. The lowest BCUT2D eigenvalue weighted by atomic mass is 9.92. The summed E-state index contributed by atoms with van der Waals surface area (Å²) in [6.07, 6.45) is 4.53. The van der Waals surface area contributed by atoms with E-state index in [0.29, 0.717) is 12.1 Å². The number of hydrogen-bond acceptors (Lipinski definition) is 2. The zero-order valence-electron chi connectivity index (χ0n) is 16.7. The van der Waals surface area contributed by atoms with Gasteiger partial charge in [0.1, 0.15) is 0 Å². The smallest absolute Gasteiger partial charge is 0.0534 e. The molecule has 3 nitrogen and oxygen atoms in total. The van der Waals surface area contributed by atoms with Gasteiger partial charge in [0.25, 0.3) is 0 Å². The van der Waals surface area contributed by atoms with Crippen molar-refractivity contribution in [2.45, 2.75) is 51.2 Å². The van der Waals surface area contributed by atoms with Crippen molar-refractivity contribution in [3.05, 3.63) is 75.9 Å². The van der Waals surface area contributed by atoms with Crippen LogP contribution in [0.1, 0.15) is 36.9 Å². The van der Waals surface area contributed by atoms with Crippen molar-refractivity contribution in [3.63, 3.8) is 0 Å². The van der Waals surface area contributed by atoms with Crippen LogP contribution in [0.2, 0.25) is 10.0 Å². The van der Waals surface area contributed by atoms with Crippen molar-refractivity contribution in [3.8, 4) is 16.9 Å². The van der Waals surface area contributed by atoms with Crippen LogP contribution in [0, 0.1) is 6.92 Å². The summed E-state index contributed by atoms with van der Waals surface area (Å²) in [7, 11) is 0. The maximum absolute atomic E-state index is 6.12. The Labute approximate surface area is 182 Å². The van der Waals surface area contributed by atoms with Crippen LogP contribution in [0.25, 0.3) is 16.9 Å². The monoisotopic (exact) mass is 427 g/mol. The summed E-state index contributed by atoms with van der Waals surface area (Å²) in [5.74, 6) is 0. The first-order valence-corrected chi connectivity index (χ1v) is 11.0. The second-order valence-electron chi connectivity index (χ2n) is 7.95. The maximum Gasteiger partial charge on any atom is 0.0534 e. The molecule has 29 heavy (non-hydrogen) atoms. The molecule has 1 aliphatic carbocycles. The largest absolute Gasteiger partial charge is 0.328 e. The summed E-state index contributed by atoms with van der Waals surface area (Å²) in [5.41, 5.74) is 12.0. The van der Waals surface area contributed by atoms with Crippen LogP contribution in [-0.4, -0.2) is 16.7 Å². The molecule has 0 amide bonds. The topological polar surface area (TPSA) is 43.0 Å². The molecule has 0 atom stereocenters. The van der Waals surface area contributed by atoms with Crippen LogP contribution < -0.4 is 11.1 Å². The first-order valence-electron chi connectivity index (χ1n) is 10.2. The van der Waals surface area contributed by atoms with Gasteiger partial charge in [-0.25, -0.2) is 0 Å². The number of nitrogens with one attached hydrogen (secondary N) is 1. The van der Waals surface area contributed by atoms with Crippen LogP contribution in [-0.2, 0) is 6.54 Å². The molecular formula is C24H27Cl2N3. The highest BCUT2D eigenvalue weighted by molar-refractivity contribution is 6.30. The van der Waals surface area contributed by atoms with E-state index >= 15 is 0 Å². The van der Waals surface area contributed by atoms with Gasteiger partial charge in [0.05, 0.1) is 5.69 Å². The second-order valence-corrected chi connectivity index (χ2v) is 8.82. The summed E-state index contributed by atoms with van der Waals surface area (Å²) < 4.78 is 2.30. The number of nitrogens with two attached hydrogens (primary N) is 1. The predicted octanol–water partition coefficient (Wildman–Crippen LogP) is 6.12. The molecule has 1 heterocycles. The molecule has 1 aromatic heterocycles. The molecule has 0 bridgehead atoms. The molecule has 0 radical (unpaired) electrons. The lowest BCUT2D eigenvalue weighted by molar-refractivity contribution is 0.341. The van der Waals surface area contributed by atoms with Gasteiger partial charge in [0.2, 0.25) is 0 Å². The highest BCUT2D eigenvalue weighted by Crippen LogP contribution is 2.31. The van der Waals surface area contributed by atoms with Crippen molar-refractivity contribution in [1.29, 1.82) is 0 Å². The molecule has 0 saturated heterocycles. The van der Waals surface area contributed by atoms with E-state index in [4.69, 9.17) is 28.9 Å². The molecule has 5 heteroatoms. The summed E-state index contributed by atoms with van der Waals surface area (Å²) >= 11 is 12.2. The Bertz CT molecular complexity index is 953. The van der Waals surface area contributed by atoms with E-state index in [2.05, 4.69) is 47.1 Å². The van der Waals surface area contributed by atoms with Crippen molar-refractivity contribution in [1.82, 2.24) is 9.88 Å². The van der Waals surface area contributed by atoms with Gasteiger partial charge in [-0.3, -0.25) is 0 Å². The Hall–Kier alpha value is -1.78. The Morgan fingerprint density at radius 1 is 0.931 bits per heavy atom. The Morgan fingerprint density at radius 2 is 1.52 bits per heavy atom. The molecule has 1 saturated carbocycles. The molecule has 0 spiro atoms. The Morgan fingerprint density at radius 3 is 2.14 bits per heavy atom. The van der Waals surface area contributed by atoms with Gasteiger partial charge < -0.3 is 15.6 Å². The van der Waals surface area contributed by atoms with Gasteiger partial charge in [-0.1, -0.05) is 35.3 Å². The summed E-state index contributed by atoms with van der Waals surface area (Å²) in [5, 5.41) is 5.23. The average Bonchev–Trinajstić information content (AvgIpc) is 3.05. The van der Waals surface area contributed by atoms with E-state index in [1.54, 1.807) is 0 Å². The Balaban J connectivity index is 1.66. The number of benzene rings is 2. The predicted molar refractivity (Wildman–Crippen MR) is 123 cm³/mol. The number of nitrogens with zero attached hydrogens (tertiary/aromatic N) is 1. The molecule has 4 rings (SSSR count). The van der Waals surface area contributed by atoms with Crippen LogP contribution in [0.3, 0.4) is 0 Å².